The molecule has 9 heteroatoms. The third kappa shape index (κ3) is 5.11. The van der Waals surface area contributed by atoms with Crippen molar-refractivity contribution in [3.05, 3.63) is 35.5 Å². The lowest BCUT2D eigenvalue weighted by atomic mass is 9.82. The van der Waals surface area contributed by atoms with Crippen molar-refractivity contribution < 1.29 is 9.84 Å². The van der Waals surface area contributed by atoms with Gasteiger partial charge in [-0.3, -0.25) is 4.68 Å². The summed E-state index contributed by atoms with van der Waals surface area (Å²) in [4.78, 5) is 8.74. The Morgan fingerprint density at radius 2 is 2.12 bits per heavy atom. The zero-order valence-corrected chi connectivity index (χ0v) is 18.8. The van der Waals surface area contributed by atoms with Crippen LogP contribution in [0.1, 0.15) is 43.7 Å². The minimum Gasteiger partial charge on any atom is -0.496 e. The van der Waals surface area contributed by atoms with Gasteiger partial charge in [0.15, 0.2) is 5.82 Å². The van der Waals surface area contributed by atoms with E-state index < -0.39 is 0 Å². The normalized spacial score (nSPS) is 18.0. The van der Waals surface area contributed by atoms with Crippen LogP contribution in [-0.4, -0.2) is 51.2 Å². The second kappa shape index (κ2) is 10.1. The summed E-state index contributed by atoms with van der Waals surface area (Å²) in [5.41, 5.74) is 9.64. The largest absolute Gasteiger partial charge is 0.496 e. The molecule has 2 heterocycles. The molecule has 5 N–H and O–H groups in total. The van der Waals surface area contributed by atoms with Crippen LogP contribution in [0.3, 0.4) is 0 Å². The number of nitrogen functional groups attached to an aromatic ring is 1. The second-order valence-electron chi connectivity index (χ2n) is 8.52. The molecule has 0 aliphatic heterocycles. The predicted molar refractivity (Wildman–Crippen MR) is 126 cm³/mol. The average Bonchev–Trinajstić information content (AvgIpc) is 3.15. The summed E-state index contributed by atoms with van der Waals surface area (Å²) in [6.07, 6.45) is 5.56. The maximum Gasteiger partial charge on any atom is 0.222 e. The highest BCUT2D eigenvalue weighted by atomic mass is 16.5. The van der Waals surface area contributed by atoms with Crippen molar-refractivity contribution in [1.82, 2.24) is 25.1 Å². The Morgan fingerprint density at radius 1 is 1.28 bits per heavy atom. The molecule has 172 valence electrons. The third-order valence-corrected chi connectivity index (χ3v) is 5.97. The number of fused-ring (bicyclic) bond motifs is 1. The number of ether oxygens (including phenoxy) is 1. The third-order valence-electron chi connectivity index (χ3n) is 5.97. The molecule has 0 saturated heterocycles. The molecule has 1 fully saturated rings. The number of methoxy groups -OCH3 is 1. The molecule has 9 nitrogen and oxygen atoms in total. The molecule has 0 atom stereocenters. The lowest BCUT2D eigenvalue weighted by molar-refractivity contribution is 0.0430. The number of hydrogen-bond acceptors (Lipinski definition) is 8. The van der Waals surface area contributed by atoms with Crippen LogP contribution < -0.4 is 21.1 Å². The second-order valence-corrected chi connectivity index (χ2v) is 8.52. The summed E-state index contributed by atoms with van der Waals surface area (Å²) < 4.78 is 7.57. The van der Waals surface area contributed by atoms with Crippen molar-refractivity contribution in [2.45, 2.75) is 51.8 Å². The molecule has 0 radical (unpaired) electrons. The number of hydrogen-bond donors (Lipinski definition) is 4. The van der Waals surface area contributed by atoms with E-state index >= 15 is 0 Å². The number of aliphatic hydroxyl groups excluding tert-OH is 1. The van der Waals surface area contributed by atoms with E-state index in [9.17, 15) is 5.11 Å². The Hall–Kier alpha value is -2.91. The smallest absolute Gasteiger partial charge is 0.222 e. The van der Waals surface area contributed by atoms with Gasteiger partial charge in [0.1, 0.15) is 16.8 Å². The van der Waals surface area contributed by atoms with E-state index in [0.29, 0.717) is 18.3 Å². The van der Waals surface area contributed by atoms with Crippen molar-refractivity contribution in [1.29, 1.82) is 0 Å². The molecule has 1 aliphatic rings. The molecule has 1 saturated carbocycles. The van der Waals surface area contributed by atoms with Gasteiger partial charge in [-0.05, 0) is 43.4 Å². The fourth-order valence-electron chi connectivity index (χ4n) is 4.12. The average molecular weight is 440 g/mol. The highest BCUT2D eigenvalue weighted by molar-refractivity contribution is 5.86. The van der Waals surface area contributed by atoms with Crippen LogP contribution in [0.15, 0.2) is 24.4 Å². The molecular formula is C23H33N7O2. The van der Waals surface area contributed by atoms with E-state index in [2.05, 4.69) is 50.8 Å². The minimum absolute atomic E-state index is 0.108. The van der Waals surface area contributed by atoms with E-state index in [-0.39, 0.29) is 12.1 Å². The maximum absolute atomic E-state index is 9.42. The fraction of sp³-hybridized carbons (Fsp3) is 0.522. The van der Waals surface area contributed by atoms with Crippen molar-refractivity contribution in [3.63, 3.8) is 0 Å². The molecule has 0 amide bonds. The quantitative estimate of drug-likeness (QED) is 0.336. The summed E-state index contributed by atoms with van der Waals surface area (Å²) >= 11 is 0. The first-order valence-corrected chi connectivity index (χ1v) is 11.3. The fourth-order valence-corrected chi connectivity index (χ4v) is 4.12. The van der Waals surface area contributed by atoms with Crippen molar-refractivity contribution in [2.24, 2.45) is 5.92 Å². The molecular weight excluding hydrogens is 406 g/mol. The summed E-state index contributed by atoms with van der Waals surface area (Å²) in [5.74, 6) is 2.35. The summed E-state index contributed by atoms with van der Waals surface area (Å²) in [5, 5.41) is 20.8. The van der Waals surface area contributed by atoms with Crippen molar-refractivity contribution in [3.8, 4) is 5.75 Å². The van der Waals surface area contributed by atoms with Crippen LogP contribution >= 0.6 is 0 Å². The predicted octanol–water partition coefficient (Wildman–Crippen LogP) is 2.54. The van der Waals surface area contributed by atoms with Crippen LogP contribution in [0, 0.1) is 5.92 Å². The van der Waals surface area contributed by atoms with Gasteiger partial charge in [-0.1, -0.05) is 25.5 Å². The van der Waals surface area contributed by atoms with E-state index in [1.54, 1.807) is 13.3 Å². The van der Waals surface area contributed by atoms with Crippen LogP contribution in [0.25, 0.3) is 11.0 Å². The van der Waals surface area contributed by atoms with Crippen LogP contribution in [0.4, 0.5) is 11.8 Å². The van der Waals surface area contributed by atoms with Gasteiger partial charge in [0.25, 0.3) is 0 Å². The van der Waals surface area contributed by atoms with Gasteiger partial charge in [0.05, 0.1) is 26.0 Å². The lowest BCUT2D eigenvalue weighted by Crippen LogP contribution is -2.35. The summed E-state index contributed by atoms with van der Waals surface area (Å²) in [6.45, 7) is 5.21. The first kappa shape index (κ1) is 22.3. The van der Waals surface area contributed by atoms with Crippen LogP contribution in [0.2, 0.25) is 0 Å². The monoisotopic (exact) mass is 439 g/mol. The number of unbranched alkanes of at least 4 members (excludes halogenated alkanes) is 1. The number of nitrogens with zero attached hydrogens (tertiary/aromatic N) is 4. The number of nitrogens with two attached hydrogens (primary N) is 1. The Labute approximate surface area is 188 Å². The molecule has 3 aromatic rings. The van der Waals surface area contributed by atoms with Gasteiger partial charge < -0.3 is 26.2 Å². The highest BCUT2D eigenvalue weighted by Crippen LogP contribution is 2.27. The van der Waals surface area contributed by atoms with Gasteiger partial charge in [-0.2, -0.15) is 10.1 Å². The first-order valence-electron chi connectivity index (χ1n) is 11.3. The number of aliphatic hydroxyl groups is 1. The Morgan fingerprint density at radius 3 is 2.88 bits per heavy atom. The number of rotatable bonds is 11. The van der Waals surface area contributed by atoms with E-state index in [4.69, 9.17) is 10.5 Å². The molecule has 4 rings (SSSR count). The Kier molecular flexibility index (Phi) is 7.06. The highest BCUT2D eigenvalue weighted by Gasteiger charge is 2.26. The SMILES string of the molecule is CCCCNc1nc(N)nc2cnn(Cc3ccc(CNCC4CC(O)C4)cc3OC)c12. The van der Waals surface area contributed by atoms with E-state index in [0.717, 1.165) is 73.2 Å². The van der Waals surface area contributed by atoms with Gasteiger partial charge in [-0.25, -0.2) is 4.98 Å². The topological polar surface area (TPSA) is 123 Å². The molecule has 0 bridgehead atoms. The zero-order chi connectivity index (χ0) is 22.5. The molecule has 2 aromatic heterocycles. The standard InChI is InChI=1S/C23H33N7O2/c1-3-4-7-26-22-21-19(28-23(24)29-22)13-27-30(21)14-17-6-5-15(10-20(17)32-2)11-25-12-16-8-18(31)9-16/h5-6,10,13,16,18,25,31H,3-4,7-9,11-12,14H2,1-2H3,(H3,24,26,28,29). The number of nitrogens with one attached hydrogen (secondary N) is 2. The maximum atomic E-state index is 9.42. The van der Waals surface area contributed by atoms with Crippen LogP contribution in [-0.2, 0) is 13.1 Å². The van der Waals surface area contributed by atoms with Gasteiger partial charge in [-0.15, -0.1) is 0 Å². The minimum atomic E-state index is -0.108. The zero-order valence-electron chi connectivity index (χ0n) is 18.8. The number of anilines is 2. The summed E-state index contributed by atoms with van der Waals surface area (Å²) in [7, 11) is 1.69. The van der Waals surface area contributed by atoms with Gasteiger partial charge in [0, 0.05) is 18.7 Å². The Balaban J connectivity index is 1.49. The van der Waals surface area contributed by atoms with Crippen molar-refractivity contribution >= 4 is 22.8 Å². The first-order chi connectivity index (χ1) is 15.6. The number of aromatic nitrogens is 4. The molecule has 32 heavy (non-hydrogen) atoms. The molecule has 1 aromatic carbocycles. The summed E-state index contributed by atoms with van der Waals surface area (Å²) in [6, 6.07) is 6.26. The van der Waals surface area contributed by atoms with Gasteiger partial charge in [0.2, 0.25) is 5.95 Å². The molecule has 0 unspecified atom stereocenters. The van der Waals surface area contributed by atoms with E-state index in [1.165, 1.54) is 0 Å². The Bertz CT molecular complexity index is 1050. The molecule has 0 spiro atoms. The lowest BCUT2D eigenvalue weighted by Gasteiger charge is -2.31. The van der Waals surface area contributed by atoms with E-state index in [1.807, 2.05) is 4.68 Å². The van der Waals surface area contributed by atoms with Crippen molar-refractivity contribution in [2.75, 3.05) is 31.2 Å². The van der Waals surface area contributed by atoms with Gasteiger partial charge >= 0.3 is 0 Å². The molecule has 1 aliphatic carbocycles. The number of benzene rings is 1. The van der Waals surface area contributed by atoms with Crippen LogP contribution in [0.5, 0.6) is 5.75 Å².